The van der Waals surface area contributed by atoms with Gasteiger partial charge in [0.25, 0.3) is 0 Å². The smallest absolute Gasteiger partial charge is 0.0135 e. The Morgan fingerprint density at radius 2 is 2.45 bits per heavy atom. The minimum atomic E-state index is 0.328. The molecule has 0 aromatic rings. The topological polar surface area (TPSA) is 24.1 Å². The molecule has 0 aromatic carbocycles. The third kappa shape index (κ3) is 2.64. The predicted molar refractivity (Wildman–Crippen MR) is 48.7 cm³/mol. The maximum atomic E-state index is 3.37. The second-order valence-electron chi connectivity index (χ2n) is 3.47. The molecule has 0 amide bonds. The van der Waals surface area contributed by atoms with Crippen LogP contribution in [0.4, 0.5) is 0 Å². The highest BCUT2D eigenvalue weighted by molar-refractivity contribution is 5.04. The van der Waals surface area contributed by atoms with Gasteiger partial charge in [0.15, 0.2) is 0 Å². The van der Waals surface area contributed by atoms with Crippen molar-refractivity contribution in [1.82, 2.24) is 10.6 Å². The lowest BCUT2D eigenvalue weighted by Crippen LogP contribution is -2.41. The fourth-order valence-corrected chi connectivity index (χ4v) is 1.38. The number of hydrogen-bond acceptors (Lipinski definition) is 2. The van der Waals surface area contributed by atoms with Gasteiger partial charge in [0.05, 0.1) is 0 Å². The summed E-state index contributed by atoms with van der Waals surface area (Å²) in [7, 11) is 0. The lowest BCUT2D eigenvalue weighted by atomic mass is 9.88. The van der Waals surface area contributed by atoms with Crippen molar-refractivity contribution in [3.8, 4) is 0 Å². The van der Waals surface area contributed by atoms with Crippen molar-refractivity contribution in [3.05, 3.63) is 12.2 Å². The van der Waals surface area contributed by atoms with E-state index in [0.717, 1.165) is 26.2 Å². The van der Waals surface area contributed by atoms with Crippen LogP contribution >= 0.6 is 0 Å². The molecule has 0 bridgehead atoms. The van der Waals surface area contributed by atoms with Crippen LogP contribution in [0.25, 0.3) is 0 Å². The first-order valence-corrected chi connectivity index (χ1v) is 4.36. The zero-order valence-electron chi connectivity index (χ0n) is 7.48. The fraction of sp³-hybridized carbons (Fsp3) is 0.778. The Bertz CT molecular complexity index is 142. The van der Waals surface area contributed by atoms with E-state index in [2.05, 4.69) is 36.6 Å². The van der Waals surface area contributed by atoms with Crippen molar-refractivity contribution in [2.24, 2.45) is 5.41 Å². The Hall–Kier alpha value is -0.340. The van der Waals surface area contributed by atoms with E-state index in [4.69, 9.17) is 0 Å². The summed E-state index contributed by atoms with van der Waals surface area (Å²) >= 11 is 0. The Balaban J connectivity index is 2.37. The van der Waals surface area contributed by atoms with Crippen LogP contribution in [-0.4, -0.2) is 26.2 Å². The Labute approximate surface area is 69.1 Å². The van der Waals surface area contributed by atoms with Crippen LogP contribution in [0.15, 0.2) is 12.2 Å². The molecule has 0 aliphatic carbocycles. The van der Waals surface area contributed by atoms with Crippen LogP contribution in [0.1, 0.15) is 13.8 Å². The van der Waals surface area contributed by atoms with E-state index in [1.54, 1.807) is 0 Å². The van der Waals surface area contributed by atoms with Crippen molar-refractivity contribution in [3.63, 3.8) is 0 Å². The van der Waals surface area contributed by atoms with Gasteiger partial charge < -0.3 is 10.6 Å². The van der Waals surface area contributed by atoms with Gasteiger partial charge in [0.2, 0.25) is 0 Å². The van der Waals surface area contributed by atoms with Crippen molar-refractivity contribution >= 4 is 0 Å². The molecule has 0 saturated carbocycles. The molecule has 1 aliphatic heterocycles. The molecule has 1 unspecified atom stereocenters. The number of rotatable bonds is 3. The standard InChI is InChI=1S/C9H18N2/c1-3-10-7-9(2)5-4-6-11-8-9/h4-5,10-11H,3,6-8H2,1-2H3. The van der Waals surface area contributed by atoms with Gasteiger partial charge in [-0.05, 0) is 6.54 Å². The van der Waals surface area contributed by atoms with E-state index in [9.17, 15) is 0 Å². The summed E-state index contributed by atoms with van der Waals surface area (Å²) in [5, 5.41) is 6.72. The van der Waals surface area contributed by atoms with Crippen LogP contribution < -0.4 is 10.6 Å². The van der Waals surface area contributed by atoms with Crippen molar-refractivity contribution in [1.29, 1.82) is 0 Å². The monoisotopic (exact) mass is 154 g/mol. The van der Waals surface area contributed by atoms with Crippen molar-refractivity contribution in [2.75, 3.05) is 26.2 Å². The summed E-state index contributed by atoms with van der Waals surface area (Å²) in [6.07, 6.45) is 4.52. The molecule has 1 heterocycles. The predicted octanol–water partition coefficient (Wildman–Crippen LogP) is 0.762. The Morgan fingerprint density at radius 1 is 1.64 bits per heavy atom. The highest BCUT2D eigenvalue weighted by atomic mass is 14.9. The maximum Gasteiger partial charge on any atom is 0.0135 e. The molecular weight excluding hydrogens is 136 g/mol. The quantitative estimate of drug-likeness (QED) is 0.586. The van der Waals surface area contributed by atoms with Gasteiger partial charge in [-0.15, -0.1) is 0 Å². The summed E-state index contributed by atoms with van der Waals surface area (Å²) in [4.78, 5) is 0. The Morgan fingerprint density at radius 3 is 3.00 bits per heavy atom. The average molecular weight is 154 g/mol. The van der Waals surface area contributed by atoms with Gasteiger partial charge in [-0.25, -0.2) is 0 Å². The zero-order valence-corrected chi connectivity index (χ0v) is 7.48. The second kappa shape index (κ2) is 3.88. The third-order valence-corrected chi connectivity index (χ3v) is 2.09. The first-order valence-electron chi connectivity index (χ1n) is 4.36. The van der Waals surface area contributed by atoms with E-state index in [1.807, 2.05) is 0 Å². The van der Waals surface area contributed by atoms with E-state index in [0.29, 0.717) is 5.41 Å². The van der Waals surface area contributed by atoms with Crippen LogP contribution in [-0.2, 0) is 0 Å². The molecule has 2 N–H and O–H groups in total. The molecule has 0 aromatic heterocycles. The van der Waals surface area contributed by atoms with E-state index >= 15 is 0 Å². The van der Waals surface area contributed by atoms with E-state index < -0.39 is 0 Å². The normalized spacial score (nSPS) is 30.7. The average Bonchev–Trinajstić information content (AvgIpc) is 2.03. The largest absolute Gasteiger partial charge is 0.316 e. The highest BCUT2D eigenvalue weighted by Crippen LogP contribution is 2.17. The molecule has 1 aliphatic rings. The molecule has 11 heavy (non-hydrogen) atoms. The summed E-state index contributed by atoms with van der Waals surface area (Å²) < 4.78 is 0. The van der Waals surface area contributed by atoms with Gasteiger partial charge in [-0.1, -0.05) is 26.0 Å². The molecule has 1 rings (SSSR count). The van der Waals surface area contributed by atoms with Gasteiger partial charge in [0.1, 0.15) is 0 Å². The fourth-order valence-electron chi connectivity index (χ4n) is 1.38. The third-order valence-electron chi connectivity index (χ3n) is 2.09. The maximum absolute atomic E-state index is 3.37. The lowest BCUT2D eigenvalue weighted by Gasteiger charge is -2.29. The molecule has 0 fully saturated rings. The molecular formula is C9H18N2. The van der Waals surface area contributed by atoms with Crippen LogP contribution in [0, 0.1) is 5.41 Å². The lowest BCUT2D eigenvalue weighted by molar-refractivity contribution is 0.364. The molecule has 2 nitrogen and oxygen atoms in total. The molecule has 2 heteroatoms. The highest BCUT2D eigenvalue weighted by Gasteiger charge is 2.21. The molecule has 0 radical (unpaired) electrons. The van der Waals surface area contributed by atoms with Crippen LogP contribution in [0.3, 0.4) is 0 Å². The molecule has 64 valence electrons. The van der Waals surface area contributed by atoms with Crippen molar-refractivity contribution < 1.29 is 0 Å². The molecule has 0 spiro atoms. The van der Waals surface area contributed by atoms with Crippen LogP contribution in [0.2, 0.25) is 0 Å². The van der Waals surface area contributed by atoms with E-state index in [1.165, 1.54) is 0 Å². The summed E-state index contributed by atoms with van der Waals surface area (Å²) in [6, 6.07) is 0. The van der Waals surface area contributed by atoms with Gasteiger partial charge in [-0.3, -0.25) is 0 Å². The minimum absolute atomic E-state index is 0.328. The summed E-state index contributed by atoms with van der Waals surface area (Å²) in [5.74, 6) is 0. The summed E-state index contributed by atoms with van der Waals surface area (Å²) in [5.41, 5.74) is 0.328. The van der Waals surface area contributed by atoms with Gasteiger partial charge in [-0.2, -0.15) is 0 Å². The zero-order chi connectivity index (χ0) is 8.16. The molecule has 0 saturated heterocycles. The number of hydrogen-bond donors (Lipinski definition) is 2. The van der Waals surface area contributed by atoms with Crippen molar-refractivity contribution in [2.45, 2.75) is 13.8 Å². The SMILES string of the molecule is CCNCC1(C)C=CCNC1. The van der Waals surface area contributed by atoms with Crippen LogP contribution in [0.5, 0.6) is 0 Å². The number of nitrogens with one attached hydrogen (secondary N) is 2. The first-order chi connectivity index (χ1) is 5.27. The molecule has 1 atom stereocenters. The van der Waals surface area contributed by atoms with Gasteiger partial charge >= 0.3 is 0 Å². The minimum Gasteiger partial charge on any atom is -0.316 e. The summed E-state index contributed by atoms with van der Waals surface area (Å²) in [6.45, 7) is 8.68. The Kier molecular flexibility index (Phi) is 3.09. The first kappa shape index (κ1) is 8.75. The second-order valence-corrected chi connectivity index (χ2v) is 3.47. The van der Waals surface area contributed by atoms with Gasteiger partial charge in [0, 0.05) is 25.0 Å². The van der Waals surface area contributed by atoms with E-state index in [-0.39, 0.29) is 0 Å².